The summed E-state index contributed by atoms with van der Waals surface area (Å²) in [7, 11) is 0. The minimum Gasteiger partial charge on any atom is -0.466 e. The largest absolute Gasteiger partial charge is 0.466 e. The normalized spacial score (nSPS) is 10.8. The number of hydrogen-bond donors (Lipinski definition) is 3. The Morgan fingerprint density at radius 1 is 1.32 bits per heavy atom. The fraction of sp³-hybridized carbons (Fsp3) is 0.312. The maximum atomic E-state index is 11.3. The first-order chi connectivity index (χ1) is 12.1. The molecule has 1 aromatic heterocycles. The number of carbonyl (C=O) groups is 2. The van der Waals surface area contributed by atoms with Gasteiger partial charge in [-0.15, -0.1) is 5.11 Å². The number of amides is 1. The average molecular weight is 344 g/mol. The predicted octanol–water partition coefficient (Wildman–Crippen LogP) is 2.51. The number of H-pyrrole nitrogens is 1. The molecule has 2 rings (SSSR count). The van der Waals surface area contributed by atoms with Crippen molar-refractivity contribution in [1.82, 2.24) is 9.97 Å². The molecule has 0 aliphatic rings. The number of nitrogens with two attached hydrogens (primary N) is 1. The van der Waals surface area contributed by atoms with Crippen molar-refractivity contribution in [2.75, 3.05) is 12.0 Å². The van der Waals surface area contributed by atoms with Gasteiger partial charge in [0.15, 0.2) is 5.69 Å². The summed E-state index contributed by atoms with van der Waals surface area (Å²) in [6.07, 6.45) is 3.25. The number of ether oxygens (including phenoxy) is 1. The first-order valence-corrected chi connectivity index (χ1v) is 7.84. The fourth-order valence-corrected chi connectivity index (χ4v) is 2.09. The van der Waals surface area contributed by atoms with Crippen molar-refractivity contribution < 1.29 is 14.3 Å². The molecule has 1 amide bonds. The van der Waals surface area contributed by atoms with Gasteiger partial charge < -0.3 is 15.5 Å². The second kappa shape index (κ2) is 9.16. The maximum absolute atomic E-state index is 11.3. The van der Waals surface area contributed by atoms with Gasteiger partial charge in [0.1, 0.15) is 0 Å². The highest BCUT2D eigenvalue weighted by Gasteiger charge is 2.09. The van der Waals surface area contributed by atoms with Crippen LogP contribution in [-0.2, 0) is 16.0 Å². The van der Waals surface area contributed by atoms with E-state index in [0.717, 1.165) is 24.1 Å². The van der Waals surface area contributed by atoms with Crippen molar-refractivity contribution in [3.05, 3.63) is 41.9 Å². The Labute approximate surface area is 144 Å². The lowest BCUT2D eigenvalue weighted by molar-refractivity contribution is -0.143. The molecule has 0 spiro atoms. The van der Waals surface area contributed by atoms with Gasteiger partial charge in [0.2, 0.25) is 5.82 Å². The number of rotatable bonds is 9. The Kier molecular flexibility index (Phi) is 6.64. The molecule has 0 saturated carbocycles. The van der Waals surface area contributed by atoms with Crippen LogP contribution < -0.4 is 11.2 Å². The molecule has 0 atom stereocenters. The molecule has 25 heavy (non-hydrogen) atoms. The van der Waals surface area contributed by atoms with Crippen LogP contribution in [-0.4, -0.2) is 28.5 Å². The smallest absolute Gasteiger partial charge is 0.305 e. The number of aryl methyl sites for hydroxylation is 1. The van der Waals surface area contributed by atoms with Crippen molar-refractivity contribution in [1.29, 1.82) is 0 Å². The SMILES string of the molecule is CCOC(=O)CCCc1ccc(NN=Nc2nc[nH]c2C(N)=O)cc1. The maximum Gasteiger partial charge on any atom is 0.305 e. The van der Waals surface area contributed by atoms with Gasteiger partial charge in [-0.05, 0) is 37.5 Å². The van der Waals surface area contributed by atoms with E-state index in [1.165, 1.54) is 6.33 Å². The third kappa shape index (κ3) is 5.72. The lowest BCUT2D eigenvalue weighted by atomic mass is 10.1. The molecule has 0 bridgehead atoms. The number of primary amides is 1. The van der Waals surface area contributed by atoms with Gasteiger partial charge >= 0.3 is 5.97 Å². The summed E-state index contributed by atoms with van der Waals surface area (Å²) in [6, 6.07) is 7.56. The summed E-state index contributed by atoms with van der Waals surface area (Å²) >= 11 is 0. The average Bonchev–Trinajstić information content (AvgIpc) is 3.05. The highest BCUT2D eigenvalue weighted by atomic mass is 16.5. The van der Waals surface area contributed by atoms with E-state index >= 15 is 0 Å². The Morgan fingerprint density at radius 2 is 2.08 bits per heavy atom. The molecular weight excluding hydrogens is 324 g/mol. The van der Waals surface area contributed by atoms with Crippen LogP contribution in [0.25, 0.3) is 0 Å². The van der Waals surface area contributed by atoms with Crippen LogP contribution in [0, 0.1) is 0 Å². The number of benzene rings is 1. The van der Waals surface area contributed by atoms with Crippen molar-refractivity contribution in [3.63, 3.8) is 0 Å². The van der Waals surface area contributed by atoms with Gasteiger partial charge in [-0.1, -0.05) is 17.4 Å². The third-order valence-electron chi connectivity index (χ3n) is 3.30. The minimum atomic E-state index is -0.654. The number of carbonyl (C=O) groups excluding carboxylic acids is 2. The zero-order valence-corrected chi connectivity index (χ0v) is 13.9. The minimum absolute atomic E-state index is 0.0995. The number of nitrogens with one attached hydrogen (secondary N) is 2. The quantitative estimate of drug-likeness (QED) is 0.365. The number of aromatic nitrogens is 2. The van der Waals surface area contributed by atoms with Gasteiger partial charge in [-0.3, -0.25) is 15.0 Å². The van der Waals surface area contributed by atoms with Crippen molar-refractivity contribution in [3.8, 4) is 0 Å². The number of nitrogens with zero attached hydrogens (tertiary/aromatic N) is 3. The summed E-state index contributed by atoms with van der Waals surface area (Å²) in [5.74, 6) is -0.705. The Hall–Kier alpha value is -3.23. The Balaban J connectivity index is 1.82. The summed E-state index contributed by atoms with van der Waals surface area (Å²) in [5.41, 5.74) is 9.85. The second-order valence-corrected chi connectivity index (χ2v) is 5.13. The van der Waals surface area contributed by atoms with Crippen LogP contribution in [0.5, 0.6) is 0 Å². The summed E-state index contributed by atoms with van der Waals surface area (Å²) < 4.78 is 4.89. The summed E-state index contributed by atoms with van der Waals surface area (Å²) in [6.45, 7) is 2.20. The number of esters is 1. The highest BCUT2D eigenvalue weighted by Crippen LogP contribution is 2.15. The number of anilines is 1. The molecular formula is C16H20N6O3. The van der Waals surface area contributed by atoms with E-state index in [2.05, 4.69) is 25.7 Å². The monoisotopic (exact) mass is 344 g/mol. The lowest BCUT2D eigenvalue weighted by Gasteiger charge is -2.04. The molecule has 0 unspecified atom stereocenters. The Bertz CT molecular complexity index is 739. The molecule has 1 heterocycles. The van der Waals surface area contributed by atoms with Gasteiger partial charge in [0.25, 0.3) is 5.91 Å². The van der Waals surface area contributed by atoms with Crippen LogP contribution >= 0.6 is 0 Å². The van der Waals surface area contributed by atoms with Crippen molar-refractivity contribution >= 4 is 23.4 Å². The van der Waals surface area contributed by atoms with Gasteiger partial charge in [-0.25, -0.2) is 4.98 Å². The van der Waals surface area contributed by atoms with E-state index in [1.54, 1.807) is 6.92 Å². The van der Waals surface area contributed by atoms with Gasteiger partial charge in [0, 0.05) is 6.42 Å². The lowest BCUT2D eigenvalue weighted by Crippen LogP contribution is -2.11. The van der Waals surface area contributed by atoms with Crippen molar-refractivity contribution in [2.45, 2.75) is 26.2 Å². The first-order valence-electron chi connectivity index (χ1n) is 7.84. The van der Waals surface area contributed by atoms with Crippen LogP contribution in [0.2, 0.25) is 0 Å². The van der Waals surface area contributed by atoms with Crippen LogP contribution in [0.4, 0.5) is 11.5 Å². The van der Waals surface area contributed by atoms with Crippen LogP contribution in [0.15, 0.2) is 40.9 Å². The number of imidazole rings is 1. The molecule has 0 saturated heterocycles. The van der Waals surface area contributed by atoms with E-state index in [-0.39, 0.29) is 17.5 Å². The molecule has 0 aliphatic heterocycles. The van der Waals surface area contributed by atoms with Crippen molar-refractivity contribution in [2.24, 2.45) is 16.1 Å². The Morgan fingerprint density at radius 3 is 2.76 bits per heavy atom. The zero-order chi connectivity index (χ0) is 18.1. The molecule has 9 nitrogen and oxygen atoms in total. The molecule has 4 N–H and O–H groups in total. The molecule has 0 fully saturated rings. The third-order valence-corrected chi connectivity index (χ3v) is 3.30. The van der Waals surface area contributed by atoms with Gasteiger partial charge in [0.05, 0.1) is 18.6 Å². The topological polar surface area (TPSA) is 135 Å². The predicted molar refractivity (Wildman–Crippen MR) is 91.3 cm³/mol. The zero-order valence-electron chi connectivity index (χ0n) is 13.9. The summed E-state index contributed by atoms with van der Waals surface area (Å²) in [5, 5.41) is 7.60. The van der Waals surface area contributed by atoms with E-state index in [0.29, 0.717) is 13.0 Å². The van der Waals surface area contributed by atoms with E-state index in [9.17, 15) is 9.59 Å². The van der Waals surface area contributed by atoms with Crippen LogP contribution in [0.3, 0.4) is 0 Å². The molecule has 9 heteroatoms. The molecule has 2 aromatic rings. The molecule has 0 radical (unpaired) electrons. The molecule has 132 valence electrons. The standard InChI is InChI=1S/C16H20N6O3/c1-2-25-13(23)5-3-4-11-6-8-12(9-7-11)20-22-21-16-14(15(17)24)18-10-19-16/h6-10H,2-5H2,1H3,(H2,17,24)(H,18,19)(H,20,21). The van der Waals surface area contributed by atoms with E-state index in [1.807, 2.05) is 24.3 Å². The van der Waals surface area contributed by atoms with Gasteiger partial charge in [-0.2, -0.15) is 0 Å². The van der Waals surface area contributed by atoms with E-state index in [4.69, 9.17) is 10.5 Å². The molecule has 0 aliphatic carbocycles. The van der Waals surface area contributed by atoms with Crippen LogP contribution in [0.1, 0.15) is 35.8 Å². The number of aromatic amines is 1. The molecule has 1 aromatic carbocycles. The second-order valence-electron chi connectivity index (χ2n) is 5.13. The number of hydrogen-bond acceptors (Lipinski definition) is 6. The highest BCUT2D eigenvalue weighted by molar-refractivity contribution is 5.94. The first kappa shape index (κ1) is 18.1. The fourth-order valence-electron chi connectivity index (χ4n) is 2.09. The van der Waals surface area contributed by atoms with E-state index < -0.39 is 5.91 Å². The summed E-state index contributed by atoms with van der Waals surface area (Å²) in [4.78, 5) is 28.8.